The van der Waals surface area contributed by atoms with Crippen molar-refractivity contribution in [2.75, 3.05) is 39.6 Å². The number of hydrogen-bond acceptors (Lipinski definition) is 17. The van der Waals surface area contributed by atoms with E-state index in [1.54, 1.807) is 41.5 Å². The SMILES string of the molecule is CCC#CC[C@H](C)[C@@H](C#C[C@@H]1[C@H]2C/C(=C/COCC(=O)O)C[C@H]2C[C@H]1O)OC(=O)C(C)(C)C.CCC#CC[C@H](C)[C@@H](C#C[C@@H]1[C@H]2C/C(=C/COCC(=O)O)C[C@H]2C[C@H]1O)OC(=O)OC(C)(C)C.CCC#CC[C@H](C)[C@H](O)C#C[C@@H]1[C@H]2C/C(=C/COCC(=O)O)C[C@H]2C[C@H]1OC(=O)OC(C)(C)C. The maximum atomic E-state index is 12.5. The van der Waals surface area contributed by atoms with Gasteiger partial charge in [-0.1, -0.05) is 112 Å². The van der Waals surface area contributed by atoms with Crippen molar-refractivity contribution >= 4 is 36.2 Å². The minimum Gasteiger partial charge on any atom is -0.480 e. The Morgan fingerprint density at radius 3 is 1.21 bits per heavy atom. The molecular weight excluding hydrogens is 1290 g/mol. The van der Waals surface area contributed by atoms with Crippen molar-refractivity contribution in [2.45, 2.75) is 248 Å². The molecule has 18 atom stereocenters. The van der Waals surface area contributed by atoms with Gasteiger partial charge in [0.15, 0.2) is 12.2 Å². The second-order valence-electron chi connectivity index (χ2n) is 30.4. The number of hydrogen-bond donors (Lipinski definition) is 6. The molecule has 0 aliphatic heterocycles. The number of esters is 1. The van der Waals surface area contributed by atoms with Crippen molar-refractivity contribution < 1.29 is 97.3 Å². The molecule has 101 heavy (non-hydrogen) atoms. The van der Waals surface area contributed by atoms with E-state index in [1.807, 2.05) is 80.5 Å². The largest absolute Gasteiger partial charge is 0.510 e. The van der Waals surface area contributed by atoms with E-state index in [2.05, 4.69) is 71.0 Å². The number of carbonyl (C=O) groups excluding carboxylic acids is 3. The minimum atomic E-state index is -0.993. The zero-order valence-corrected chi connectivity index (χ0v) is 62.4. The molecule has 0 bridgehead atoms. The van der Waals surface area contributed by atoms with Crippen LogP contribution < -0.4 is 0 Å². The second-order valence-corrected chi connectivity index (χ2v) is 30.4. The molecule has 6 saturated carbocycles. The smallest absolute Gasteiger partial charge is 0.480 e. The lowest BCUT2D eigenvalue weighted by Crippen LogP contribution is -2.31. The molecule has 0 saturated heterocycles. The summed E-state index contributed by atoms with van der Waals surface area (Å²) < 4.78 is 43.1. The monoisotopic (exact) mass is 1410 g/mol. The Kier molecular flexibility index (Phi) is 36.2. The molecule has 6 aliphatic carbocycles. The first-order valence-electron chi connectivity index (χ1n) is 35.9. The summed E-state index contributed by atoms with van der Waals surface area (Å²) in [6.07, 6.45) is 11.9. The maximum Gasteiger partial charge on any atom is 0.510 e. The Hall–Kier alpha value is -7.24. The highest BCUT2D eigenvalue weighted by Crippen LogP contribution is 2.52. The predicted molar refractivity (Wildman–Crippen MR) is 381 cm³/mol. The summed E-state index contributed by atoms with van der Waals surface area (Å²) in [7, 11) is 0. The fraction of sp³-hybridized carbons (Fsp3) is 0.704. The lowest BCUT2D eigenvalue weighted by Gasteiger charge is -2.24. The first-order valence-corrected chi connectivity index (χ1v) is 35.9. The number of aliphatic hydroxyl groups excluding tert-OH is 3. The van der Waals surface area contributed by atoms with Crippen LogP contribution in [0.3, 0.4) is 0 Å². The number of carboxylic acids is 3. The van der Waals surface area contributed by atoms with Crippen molar-refractivity contribution in [3.63, 3.8) is 0 Å². The van der Waals surface area contributed by atoms with Crippen LogP contribution >= 0.6 is 0 Å². The van der Waals surface area contributed by atoms with Crippen LogP contribution in [0.2, 0.25) is 0 Å². The molecule has 0 amide bonds. The highest BCUT2D eigenvalue weighted by molar-refractivity contribution is 5.76. The molecule has 6 N–H and O–H groups in total. The summed E-state index contributed by atoms with van der Waals surface area (Å²) in [6.45, 7) is 27.8. The molecule has 0 unspecified atom stereocenters. The van der Waals surface area contributed by atoms with Gasteiger partial charge in [-0.15, -0.1) is 35.5 Å². The van der Waals surface area contributed by atoms with Gasteiger partial charge >= 0.3 is 36.2 Å². The zero-order valence-electron chi connectivity index (χ0n) is 62.4. The molecule has 0 radical (unpaired) electrons. The van der Waals surface area contributed by atoms with Crippen LogP contribution in [0.25, 0.3) is 0 Å². The number of carbonyl (C=O) groups is 6. The van der Waals surface area contributed by atoms with E-state index in [4.69, 9.17) is 53.2 Å². The van der Waals surface area contributed by atoms with Gasteiger partial charge in [0.05, 0.1) is 43.4 Å². The fourth-order valence-electron chi connectivity index (χ4n) is 13.3. The van der Waals surface area contributed by atoms with E-state index in [1.165, 1.54) is 16.7 Å². The van der Waals surface area contributed by atoms with E-state index in [9.17, 15) is 44.1 Å². The molecule has 0 heterocycles. The van der Waals surface area contributed by atoms with Gasteiger partial charge in [-0.2, -0.15) is 0 Å². The first-order chi connectivity index (χ1) is 47.5. The van der Waals surface area contributed by atoms with Crippen LogP contribution in [0.5, 0.6) is 0 Å². The van der Waals surface area contributed by atoms with Gasteiger partial charge in [-0.25, -0.2) is 24.0 Å². The summed E-state index contributed by atoms with van der Waals surface area (Å²) >= 11 is 0. The van der Waals surface area contributed by atoms with Gasteiger partial charge in [0.25, 0.3) is 0 Å². The number of carboxylic acid groups (broad SMARTS) is 3. The predicted octanol–water partition coefficient (Wildman–Crippen LogP) is 12.2. The summed E-state index contributed by atoms with van der Waals surface area (Å²) in [5.74, 6) is 34.9. The third-order valence-corrected chi connectivity index (χ3v) is 18.3. The van der Waals surface area contributed by atoms with E-state index < -0.39 is 83.5 Å². The van der Waals surface area contributed by atoms with Crippen molar-refractivity contribution in [1.82, 2.24) is 0 Å². The molecule has 0 aromatic carbocycles. The van der Waals surface area contributed by atoms with Crippen LogP contribution in [-0.4, -0.2) is 154 Å². The number of fused-ring (bicyclic) bond motifs is 3. The number of rotatable bonds is 21. The standard InChI is InChI=1S/2C27H38O7.C27H38O6/c1-6-7-8-9-18(2)24(33-26(31)34-27(3,4)5)11-10-21-22-15-19(12-13-32-17-25(29)30)14-20(22)16-23(21)28;1-6-7-8-9-18(2)23(28)11-10-21-22-15-19(12-13-32-17-25(29)30)14-20(22)16-24(21)33-26(31)34-27(3,4)5;1-6-7-8-9-18(2)24(33-26(31)27(3,4)5)11-10-21-22-15-19(12-13-32-17-25(29)30)14-20(22)16-23(21)28/h2*12,18,20-24,28H,6,9,13-17H2,1-5H3,(H,29,30);12,18,20-24,28H,6,9,13-17H2,1-5H3,(H,29,30)/b3*19-12+/t3*18-,20-,21+,22-,23+,24+/m000/s1. The second kappa shape index (κ2) is 42.4. The van der Waals surface area contributed by atoms with Gasteiger partial charge in [0, 0.05) is 68.1 Å². The number of aliphatic carboxylic acids is 3. The van der Waals surface area contributed by atoms with Crippen molar-refractivity contribution in [3.8, 4) is 71.0 Å². The maximum absolute atomic E-state index is 12.5. The van der Waals surface area contributed by atoms with E-state index in [0.717, 1.165) is 57.8 Å². The molecule has 6 aliphatic rings. The zero-order chi connectivity index (χ0) is 75.2. The fourth-order valence-corrected chi connectivity index (χ4v) is 13.3. The van der Waals surface area contributed by atoms with Gasteiger partial charge in [0.1, 0.15) is 43.2 Å². The molecule has 0 aromatic heterocycles. The third kappa shape index (κ3) is 31.5. The van der Waals surface area contributed by atoms with Gasteiger partial charge in [0.2, 0.25) is 0 Å². The van der Waals surface area contributed by atoms with E-state index in [0.29, 0.717) is 56.3 Å². The molecule has 6 fully saturated rings. The van der Waals surface area contributed by atoms with Crippen LogP contribution in [0.15, 0.2) is 34.9 Å². The Balaban J connectivity index is 0.000000321. The molecule has 558 valence electrons. The van der Waals surface area contributed by atoms with Crippen LogP contribution in [0.1, 0.15) is 200 Å². The van der Waals surface area contributed by atoms with E-state index in [-0.39, 0.29) is 98.9 Å². The Bertz CT molecular complexity index is 3250. The van der Waals surface area contributed by atoms with Crippen LogP contribution in [-0.2, 0) is 57.1 Å². The van der Waals surface area contributed by atoms with Crippen molar-refractivity contribution in [3.05, 3.63) is 34.9 Å². The lowest BCUT2D eigenvalue weighted by molar-refractivity contribution is -0.157. The summed E-state index contributed by atoms with van der Waals surface area (Å²) in [5, 5.41) is 57.9. The first kappa shape index (κ1) is 86.2. The average Bonchev–Trinajstić information content (AvgIpc) is 1.65. The van der Waals surface area contributed by atoms with Crippen molar-refractivity contribution in [2.24, 2.45) is 76.4 Å². The molecule has 0 aromatic rings. The molecule has 0 spiro atoms. The topological polar surface area (TPSA) is 298 Å². The minimum absolute atomic E-state index is 0.0392. The number of ether oxygens (including phenoxy) is 8. The molecule has 6 rings (SSSR count). The van der Waals surface area contributed by atoms with Gasteiger partial charge in [-0.3, -0.25) is 4.79 Å². The molecule has 20 nitrogen and oxygen atoms in total. The Labute approximate surface area is 600 Å². The summed E-state index contributed by atoms with van der Waals surface area (Å²) in [6, 6.07) is 0. The number of aliphatic hydroxyl groups is 3. The third-order valence-electron chi connectivity index (χ3n) is 18.3. The molecule has 20 heteroatoms. The average molecular weight is 1410 g/mol. The Morgan fingerprint density at radius 1 is 0.475 bits per heavy atom. The van der Waals surface area contributed by atoms with Gasteiger partial charge in [-0.05, 0) is 156 Å². The number of allylic oxidation sites excluding steroid dienone is 3. The quantitative estimate of drug-likeness (QED) is 0.0205. The van der Waals surface area contributed by atoms with Gasteiger partial charge < -0.3 is 68.5 Å². The van der Waals surface area contributed by atoms with Crippen molar-refractivity contribution in [1.29, 1.82) is 0 Å². The molecular formula is C81H114O20. The lowest BCUT2D eigenvalue weighted by atomic mass is 9.90. The normalized spacial score (nSPS) is 26.7. The Morgan fingerprint density at radius 2 is 0.832 bits per heavy atom. The van der Waals surface area contributed by atoms with Crippen LogP contribution in [0, 0.1) is 147 Å². The summed E-state index contributed by atoms with van der Waals surface area (Å²) in [5.41, 5.74) is 1.70. The summed E-state index contributed by atoms with van der Waals surface area (Å²) in [4.78, 5) is 68.9. The van der Waals surface area contributed by atoms with Crippen LogP contribution in [0.4, 0.5) is 9.59 Å². The highest BCUT2D eigenvalue weighted by Gasteiger charge is 2.50. The van der Waals surface area contributed by atoms with E-state index >= 15 is 0 Å². The highest BCUT2D eigenvalue weighted by atomic mass is 16.7.